The Balaban J connectivity index is 1.47. The highest BCUT2D eigenvalue weighted by atomic mass is 32.2. The normalized spacial score (nSPS) is 23.2. The van der Waals surface area contributed by atoms with Crippen LogP contribution in [0.2, 0.25) is 0 Å². The van der Waals surface area contributed by atoms with Crippen LogP contribution < -0.4 is 5.32 Å². The van der Waals surface area contributed by atoms with Crippen molar-refractivity contribution in [3.8, 4) is 0 Å². The maximum Gasteiger partial charge on any atom is 0.0480 e. The average Bonchev–Trinajstić information content (AvgIpc) is 3.02. The van der Waals surface area contributed by atoms with E-state index in [2.05, 4.69) is 65.1 Å². The molecule has 0 amide bonds. The minimum Gasteiger partial charge on any atom is -0.347 e. The molecule has 0 spiro atoms. The Labute approximate surface area is 119 Å². The average molecular weight is 274 g/mol. The summed E-state index contributed by atoms with van der Waals surface area (Å²) in [4.78, 5) is 0. The van der Waals surface area contributed by atoms with Gasteiger partial charge in [-0.2, -0.15) is 11.8 Å². The van der Waals surface area contributed by atoms with Gasteiger partial charge in [0.2, 0.25) is 0 Å². The first-order valence-corrected chi connectivity index (χ1v) is 8.26. The summed E-state index contributed by atoms with van der Waals surface area (Å²) in [6.07, 6.45) is 4.74. The molecule has 0 bridgehead atoms. The number of benzene rings is 1. The lowest BCUT2D eigenvalue weighted by Crippen LogP contribution is -2.30. The van der Waals surface area contributed by atoms with E-state index in [1.54, 1.807) is 0 Å². The maximum absolute atomic E-state index is 3.69. The zero-order chi connectivity index (χ0) is 13.1. The van der Waals surface area contributed by atoms with Gasteiger partial charge < -0.3 is 9.88 Å². The zero-order valence-electron chi connectivity index (χ0n) is 11.5. The summed E-state index contributed by atoms with van der Waals surface area (Å²) in [5.41, 5.74) is 1.35. The van der Waals surface area contributed by atoms with Crippen LogP contribution in [-0.4, -0.2) is 28.2 Å². The summed E-state index contributed by atoms with van der Waals surface area (Å²) >= 11 is 2.10. The number of thioether (sulfide) groups is 1. The van der Waals surface area contributed by atoms with Gasteiger partial charge in [-0.25, -0.2) is 0 Å². The van der Waals surface area contributed by atoms with Crippen LogP contribution in [-0.2, 0) is 6.54 Å². The molecule has 2 unspecified atom stereocenters. The highest BCUT2D eigenvalue weighted by molar-refractivity contribution is 8.00. The third-order valence-electron chi connectivity index (χ3n) is 3.89. The number of hydrogen-bond donors (Lipinski definition) is 1. The standard InChI is InChI=1S/C16H22N2S/c1-13-11-15(12-19-13)17-8-4-9-18-10-7-14-5-2-3-6-16(14)18/h2-3,5-7,10,13,15,17H,4,8-9,11-12H2,1H3. The molecule has 2 atom stereocenters. The molecule has 1 aromatic carbocycles. The smallest absolute Gasteiger partial charge is 0.0480 e. The lowest BCUT2D eigenvalue weighted by molar-refractivity contribution is 0.510. The monoisotopic (exact) mass is 274 g/mol. The molecule has 102 valence electrons. The second-order valence-electron chi connectivity index (χ2n) is 5.45. The van der Waals surface area contributed by atoms with E-state index >= 15 is 0 Å². The first kappa shape index (κ1) is 13.1. The van der Waals surface area contributed by atoms with Gasteiger partial charge in [0, 0.05) is 35.3 Å². The molecule has 2 nitrogen and oxygen atoms in total. The third-order valence-corrected chi connectivity index (χ3v) is 5.24. The van der Waals surface area contributed by atoms with Crippen molar-refractivity contribution >= 4 is 22.7 Å². The molecule has 0 saturated carbocycles. The lowest BCUT2D eigenvalue weighted by atomic mass is 10.2. The summed E-state index contributed by atoms with van der Waals surface area (Å²) in [5.74, 6) is 1.29. The number of aromatic nitrogens is 1. The van der Waals surface area contributed by atoms with Crippen LogP contribution in [0.15, 0.2) is 36.5 Å². The second kappa shape index (κ2) is 6.02. The zero-order valence-corrected chi connectivity index (χ0v) is 12.3. The summed E-state index contributed by atoms with van der Waals surface area (Å²) < 4.78 is 2.36. The molecule has 1 aromatic heterocycles. The Morgan fingerprint density at radius 3 is 3.05 bits per heavy atom. The van der Waals surface area contributed by atoms with Gasteiger partial charge in [-0.15, -0.1) is 0 Å². The van der Waals surface area contributed by atoms with Gasteiger partial charge in [0.25, 0.3) is 0 Å². The van der Waals surface area contributed by atoms with Crippen LogP contribution in [0.25, 0.3) is 10.9 Å². The molecular weight excluding hydrogens is 252 g/mol. The van der Waals surface area contributed by atoms with Crippen LogP contribution in [0.4, 0.5) is 0 Å². The Morgan fingerprint density at radius 1 is 1.32 bits per heavy atom. The van der Waals surface area contributed by atoms with E-state index in [0.717, 1.165) is 24.4 Å². The predicted octanol–water partition coefficient (Wildman–Crippen LogP) is 3.52. The van der Waals surface area contributed by atoms with Crippen molar-refractivity contribution in [2.75, 3.05) is 12.3 Å². The number of nitrogens with zero attached hydrogens (tertiary/aromatic N) is 1. The molecule has 3 rings (SSSR count). The first-order valence-electron chi connectivity index (χ1n) is 7.22. The van der Waals surface area contributed by atoms with Crippen LogP contribution in [0.3, 0.4) is 0 Å². The predicted molar refractivity (Wildman–Crippen MR) is 84.9 cm³/mol. The van der Waals surface area contributed by atoms with E-state index < -0.39 is 0 Å². The van der Waals surface area contributed by atoms with Crippen molar-refractivity contribution in [1.29, 1.82) is 0 Å². The number of fused-ring (bicyclic) bond motifs is 1. The summed E-state index contributed by atoms with van der Waals surface area (Å²) in [6, 6.07) is 11.6. The lowest BCUT2D eigenvalue weighted by Gasteiger charge is -2.12. The van der Waals surface area contributed by atoms with Crippen molar-refractivity contribution in [3.63, 3.8) is 0 Å². The van der Waals surface area contributed by atoms with Crippen LogP contribution >= 0.6 is 11.8 Å². The molecule has 1 aliphatic rings. The molecule has 3 heteroatoms. The SMILES string of the molecule is CC1CC(NCCCn2ccc3ccccc32)CS1. The Hall–Kier alpha value is -0.930. The number of rotatable bonds is 5. The minimum atomic E-state index is 0.737. The summed E-state index contributed by atoms with van der Waals surface area (Å²) in [7, 11) is 0. The maximum atomic E-state index is 3.69. The van der Waals surface area contributed by atoms with Crippen molar-refractivity contribution in [3.05, 3.63) is 36.5 Å². The van der Waals surface area contributed by atoms with E-state index in [1.165, 1.54) is 29.5 Å². The second-order valence-corrected chi connectivity index (χ2v) is 6.92. The van der Waals surface area contributed by atoms with E-state index in [9.17, 15) is 0 Å². The fourth-order valence-corrected chi connectivity index (χ4v) is 4.03. The van der Waals surface area contributed by atoms with Gasteiger partial charge >= 0.3 is 0 Å². The number of hydrogen-bond acceptors (Lipinski definition) is 2. The number of para-hydroxylation sites is 1. The first-order chi connectivity index (χ1) is 9.33. The molecular formula is C16H22N2S. The quantitative estimate of drug-likeness (QED) is 0.840. The van der Waals surface area contributed by atoms with Crippen LogP contribution in [0.1, 0.15) is 19.8 Å². The Morgan fingerprint density at radius 2 is 2.21 bits per heavy atom. The molecule has 1 saturated heterocycles. The molecule has 1 N–H and O–H groups in total. The molecule has 19 heavy (non-hydrogen) atoms. The van der Waals surface area contributed by atoms with Crippen molar-refractivity contribution < 1.29 is 0 Å². The number of nitrogens with one attached hydrogen (secondary N) is 1. The molecule has 1 fully saturated rings. The minimum absolute atomic E-state index is 0.737. The van der Waals surface area contributed by atoms with Crippen LogP contribution in [0.5, 0.6) is 0 Å². The van der Waals surface area contributed by atoms with E-state index in [-0.39, 0.29) is 0 Å². The molecule has 2 heterocycles. The van der Waals surface area contributed by atoms with E-state index in [4.69, 9.17) is 0 Å². The largest absolute Gasteiger partial charge is 0.347 e. The van der Waals surface area contributed by atoms with Gasteiger partial charge in [-0.1, -0.05) is 25.1 Å². The fraction of sp³-hybridized carbons (Fsp3) is 0.500. The van der Waals surface area contributed by atoms with Crippen molar-refractivity contribution in [2.24, 2.45) is 0 Å². The van der Waals surface area contributed by atoms with Crippen molar-refractivity contribution in [1.82, 2.24) is 9.88 Å². The molecule has 0 aliphatic carbocycles. The van der Waals surface area contributed by atoms with Gasteiger partial charge in [-0.05, 0) is 36.9 Å². The highest BCUT2D eigenvalue weighted by Crippen LogP contribution is 2.25. The van der Waals surface area contributed by atoms with Crippen LogP contribution in [0, 0.1) is 0 Å². The number of aryl methyl sites for hydroxylation is 1. The van der Waals surface area contributed by atoms with E-state index in [0.29, 0.717) is 0 Å². The van der Waals surface area contributed by atoms with Crippen molar-refractivity contribution in [2.45, 2.75) is 37.6 Å². The fourth-order valence-electron chi connectivity index (χ4n) is 2.85. The third kappa shape index (κ3) is 3.15. The van der Waals surface area contributed by atoms with Gasteiger partial charge in [-0.3, -0.25) is 0 Å². The summed E-state index contributed by atoms with van der Waals surface area (Å²) in [5, 5.41) is 5.87. The van der Waals surface area contributed by atoms with Gasteiger partial charge in [0.05, 0.1) is 0 Å². The Kier molecular flexibility index (Phi) is 4.14. The highest BCUT2D eigenvalue weighted by Gasteiger charge is 2.20. The molecule has 1 aliphatic heterocycles. The Bertz CT molecular complexity index is 534. The molecule has 2 aromatic rings. The van der Waals surface area contributed by atoms with Gasteiger partial charge in [0.1, 0.15) is 0 Å². The van der Waals surface area contributed by atoms with Gasteiger partial charge in [0.15, 0.2) is 0 Å². The van der Waals surface area contributed by atoms with E-state index in [1.807, 2.05) is 0 Å². The topological polar surface area (TPSA) is 17.0 Å². The molecule has 0 radical (unpaired) electrons. The summed E-state index contributed by atoms with van der Waals surface area (Å²) in [6.45, 7) is 4.57.